The fourth-order valence-electron chi connectivity index (χ4n) is 1.79. The van der Waals surface area contributed by atoms with Crippen molar-refractivity contribution in [2.75, 3.05) is 0 Å². The van der Waals surface area contributed by atoms with E-state index >= 15 is 0 Å². The van der Waals surface area contributed by atoms with Crippen molar-refractivity contribution in [2.24, 2.45) is 0 Å². The molecule has 1 aromatic carbocycles. The van der Waals surface area contributed by atoms with Crippen LogP contribution in [0.4, 0.5) is 0 Å². The Kier molecular flexibility index (Phi) is 2.92. The molecule has 0 saturated heterocycles. The van der Waals surface area contributed by atoms with Crippen molar-refractivity contribution in [3.63, 3.8) is 0 Å². The molecule has 0 atom stereocenters. The van der Waals surface area contributed by atoms with Crippen LogP contribution in [0.3, 0.4) is 0 Å². The van der Waals surface area contributed by atoms with Crippen molar-refractivity contribution in [1.82, 2.24) is 9.97 Å². The number of halogens is 1. The van der Waals surface area contributed by atoms with Crippen LogP contribution in [0.1, 0.15) is 30.1 Å². The van der Waals surface area contributed by atoms with Crippen molar-refractivity contribution in [2.45, 2.75) is 25.7 Å². The van der Waals surface area contributed by atoms with E-state index in [0.717, 1.165) is 30.0 Å². The van der Waals surface area contributed by atoms with Crippen LogP contribution in [-0.4, -0.2) is 9.97 Å². The van der Waals surface area contributed by atoms with E-state index < -0.39 is 0 Å². The third kappa shape index (κ3) is 2.62. The number of nitrogens with zero attached hydrogens (tertiary/aromatic N) is 2. The summed E-state index contributed by atoms with van der Waals surface area (Å²) in [5.74, 6) is 2.54. The zero-order chi connectivity index (χ0) is 12.5. The molecule has 0 aliphatic heterocycles. The third-order valence-electron chi connectivity index (χ3n) is 2.84. The molecule has 92 valence electrons. The van der Waals surface area contributed by atoms with Crippen molar-refractivity contribution < 1.29 is 4.74 Å². The summed E-state index contributed by atoms with van der Waals surface area (Å²) in [6.45, 7) is 2.02. The summed E-state index contributed by atoms with van der Waals surface area (Å²) >= 11 is 5.99. The highest BCUT2D eigenvalue weighted by atomic mass is 35.5. The molecule has 4 heteroatoms. The monoisotopic (exact) mass is 260 g/mol. The first kappa shape index (κ1) is 11.5. The molecular formula is C14H13ClN2O. The lowest BCUT2D eigenvalue weighted by Crippen LogP contribution is -1.96. The van der Waals surface area contributed by atoms with Gasteiger partial charge in [-0.05, 0) is 37.5 Å². The summed E-state index contributed by atoms with van der Waals surface area (Å²) in [5.41, 5.74) is 1.15. The molecule has 0 N–H and O–H groups in total. The maximum Gasteiger partial charge on any atom is 0.224 e. The van der Waals surface area contributed by atoms with Crippen LogP contribution in [0, 0.1) is 6.92 Å². The van der Waals surface area contributed by atoms with Crippen molar-refractivity contribution >= 4 is 11.6 Å². The zero-order valence-electron chi connectivity index (χ0n) is 10.1. The highest BCUT2D eigenvalue weighted by molar-refractivity contribution is 6.29. The smallest absolute Gasteiger partial charge is 0.224 e. The van der Waals surface area contributed by atoms with E-state index in [1.165, 1.54) is 0 Å². The summed E-state index contributed by atoms with van der Waals surface area (Å²) < 4.78 is 5.72. The van der Waals surface area contributed by atoms with Crippen LogP contribution in [0.2, 0.25) is 5.15 Å². The van der Waals surface area contributed by atoms with Crippen molar-refractivity contribution in [1.29, 1.82) is 0 Å². The number of benzene rings is 1. The maximum atomic E-state index is 5.99. The van der Waals surface area contributed by atoms with E-state index in [-0.39, 0.29) is 0 Å². The van der Waals surface area contributed by atoms with E-state index in [9.17, 15) is 0 Å². The average Bonchev–Trinajstić information content (AvgIpc) is 3.11. The van der Waals surface area contributed by atoms with E-state index in [4.69, 9.17) is 16.3 Å². The van der Waals surface area contributed by atoms with Crippen LogP contribution in [0.15, 0.2) is 30.3 Å². The molecule has 0 spiro atoms. The molecule has 2 aromatic rings. The second-order valence-electron chi connectivity index (χ2n) is 4.58. The van der Waals surface area contributed by atoms with Gasteiger partial charge in [0.15, 0.2) is 0 Å². The lowest BCUT2D eigenvalue weighted by Gasteiger charge is -2.07. The highest BCUT2D eigenvalue weighted by Gasteiger charge is 2.27. The van der Waals surface area contributed by atoms with Crippen LogP contribution in [0.25, 0.3) is 0 Å². The largest absolute Gasteiger partial charge is 0.439 e. The second kappa shape index (κ2) is 4.58. The molecule has 0 unspecified atom stereocenters. The second-order valence-corrected chi connectivity index (χ2v) is 4.97. The fraction of sp³-hybridized carbons (Fsp3) is 0.286. The molecule has 18 heavy (non-hydrogen) atoms. The molecule has 1 fully saturated rings. The van der Waals surface area contributed by atoms with Crippen LogP contribution >= 0.6 is 11.6 Å². The van der Waals surface area contributed by atoms with E-state index in [0.29, 0.717) is 17.0 Å². The number of ether oxygens (including phenoxy) is 1. The summed E-state index contributed by atoms with van der Waals surface area (Å²) in [5, 5.41) is 0.439. The predicted molar refractivity (Wildman–Crippen MR) is 70.3 cm³/mol. The molecular weight excluding hydrogens is 248 g/mol. The quantitative estimate of drug-likeness (QED) is 0.779. The van der Waals surface area contributed by atoms with Gasteiger partial charge in [0.2, 0.25) is 5.88 Å². The van der Waals surface area contributed by atoms with Gasteiger partial charge >= 0.3 is 0 Å². The minimum atomic E-state index is 0.439. The molecule has 1 aromatic heterocycles. The first-order chi connectivity index (χ1) is 8.70. The Hall–Kier alpha value is -1.61. The Morgan fingerprint density at radius 2 is 2.06 bits per heavy atom. The molecule has 1 aliphatic rings. The molecule has 1 aliphatic carbocycles. The lowest BCUT2D eigenvalue weighted by molar-refractivity contribution is 0.458. The number of hydrogen-bond acceptors (Lipinski definition) is 3. The average molecular weight is 261 g/mol. The molecule has 0 amide bonds. The minimum absolute atomic E-state index is 0.439. The lowest BCUT2D eigenvalue weighted by atomic mass is 10.2. The van der Waals surface area contributed by atoms with Gasteiger partial charge in [-0.15, -0.1) is 0 Å². The molecule has 3 rings (SSSR count). The number of rotatable bonds is 3. The summed E-state index contributed by atoms with van der Waals surface area (Å²) in [4.78, 5) is 8.63. The predicted octanol–water partition coefficient (Wildman–Crippen LogP) is 4.11. The highest BCUT2D eigenvalue weighted by Crippen LogP contribution is 2.39. The Labute approximate surface area is 111 Å². The van der Waals surface area contributed by atoms with Gasteiger partial charge in [-0.25, -0.2) is 4.98 Å². The zero-order valence-corrected chi connectivity index (χ0v) is 10.8. The van der Waals surface area contributed by atoms with Crippen LogP contribution in [0.5, 0.6) is 11.6 Å². The van der Waals surface area contributed by atoms with Gasteiger partial charge in [-0.3, -0.25) is 0 Å². The first-order valence-electron chi connectivity index (χ1n) is 6.00. The van der Waals surface area contributed by atoms with Crippen molar-refractivity contribution in [3.8, 4) is 11.6 Å². The minimum Gasteiger partial charge on any atom is -0.439 e. The third-order valence-corrected chi connectivity index (χ3v) is 3.04. The standard InChI is InChI=1S/C14H13ClN2O/c1-9-3-2-4-11(7-9)18-13-8-12(15)16-14(17-13)10-5-6-10/h2-4,7-8,10H,5-6H2,1H3. The Bertz CT molecular complexity index is 582. The Balaban J connectivity index is 1.87. The topological polar surface area (TPSA) is 35.0 Å². The number of aryl methyl sites for hydroxylation is 1. The van der Waals surface area contributed by atoms with Gasteiger partial charge in [-0.1, -0.05) is 23.7 Å². The molecule has 1 saturated carbocycles. The molecule has 3 nitrogen and oxygen atoms in total. The van der Waals surface area contributed by atoms with Gasteiger partial charge in [0.1, 0.15) is 16.7 Å². The summed E-state index contributed by atoms with van der Waals surface area (Å²) in [7, 11) is 0. The van der Waals surface area contributed by atoms with Crippen LogP contribution in [-0.2, 0) is 0 Å². The number of aromatic nitrogens is 2. The van der Waals surface area contributed by atoms with Crippen LogP contribution < -0.4 is 4.74 Å². The SMILES string of the molecule is Cc1cccc(Oc2cc(Cl)nc(C3CC3)n2)c1. The Morgan fingerprint density at radius 3 is 2.78 bits per heavy atom. The van der Waals surface area contributed by atoms with E-state index in [1.807, 2.05) is 31.2 Å². The maximum absolute atomic E-state index is 5.99. The van der Waals surface area contributed by atoms with Gasteiger partial charge in [-0.2, -0.15) is 4.98 Å². The molecule has 0 bridgehead atoms. The summed E-state index contributed by atoms with van der Waals surface area (Å²) in [6, 6.07) is 9.49. The van der Waals surface area contributed by atoms with Gasteiger partial charge in [0.25, 0.3) is 0 Å². The number of hydrogen-bond donors (Lipinski definition) is 0. The van der Waals surface area contributed by atoms with Gasteiger partial charge in [0.05, 0.1) is 0 Å². The fourth-order valence-corrected chi connectivity index (χ4v) is 1.97. The van der Waals surface area contributed by atoms with Crippen molar-refractivity contribution in [3.05, 3.63) is 46.9 Å². The van der Waals surface area contributed by atoms with E-state index in [1.54, 1.807) is 6.07 Å². The van der Waals surface area contributed by atoms with Gasteiger partial charge in [0, 0.05) is 12.0 Å². The molecule has 1 heterocycles. The Morgan fingerprint density at radius 1 is 1.22 bits per heavy atom. The van der Waals surface area contributed by atoms with Gasteiger partial charge < -0.3 is 4.74 Å². The molecule has 0 radical (unpaired) electrons. The normalized spacial score (nSPS) is 14.6. The first-order valence-corrected chi connectivity index (χ1v) is 6.37. The summed E-state index contributed by atoms with van der Waals surface area (Å²) in [6.07, 6.45) is 2.29. The van der Waals surface area contributed by atoms with E-state index in [2.05, 4.69) is 9.97 Å².